The number of hydrogen-bond acceptors (Lipinski definition) is 3. The quantitative estimate of drug-likeness (QED) is 0.805. The number of hydrogen-bond donors (Lipinski definition) is 0. The standard InChI is InChI=1S/C16H12ClNO2S/c17-16-9-5-4-8-14(16)10-15(11-18)21(19,20)12-13-6-2-1-3-7-13/h1-10H,12H2/b15-10+. The van der Waals surface area contributed by atoms with Crippen LogP contribution in [0.3, 0.4) is 0 Å². The van der Waals surface area contributed by atoms with Gasteiger partial charge in [-0.15, -0.1) is 0 Å². The number of sulfone groups is 1. The normalized spacial score (nSPS) is 11.9. The van der Waals surface area contributed by atoms with Gasteiger partial charge in [-0.2, -0.15) is 5.26 Å². The van der Waals surface area contributed by atoms with Gasteiger partial charge in [0.1, 0.15) is 11.0 Å². The van der Waals surface area contributed by atoms with Crippen LogP contribution in [0.1, 0.15) is 11.1 Å². The first-order chi connectivity index (χ1) is 10.0. The summed E-state index contributed by atoms with van der Waals surface area (Å²) < 4.78 is 24.6. The molecule has 0 saturated heterocycles. The molecule has 0 heterocycles. The molecule has 2 rings (SSSR count). The summed E-state index contributed by atoms with van der Waals surface area (Å²) in [4.78, 5) is -0.292. The highest BCUT2D eigenvalue weighted by Crippen LogP contribution is 2.22. The summed E-state index contributed by atoms with van der Waals surface area (Å²) in [5.41, 5.74) is 1.14. The Hall–Kier alpha value is -2.09. The first-order valence-electron chi connectivity index (χ1n) is 6.16. The van der Waals surface area contributed by atoms with Crippen LogP contribution in [0.4, 0.5) is 0 Å². The van der Waals surface area contributed by atoms with E-state index < -0.39 is 9.84 Å². The molecule has 2 aromatic carbocycles. The van der Waals surface area contributed by atoms with Crippen molar-refractivity contribution >= 4 is 27.5 Å². The monoisotopic (exact) mass is 317 g/mol. The molecule has 0 N–H and O–H groups in total. The molecule has 2 aromatic rings. The van der Waals surface area contributed by atoms with Crippen molar-refractivity contribution in [2.24, 2.45) is 0 Å². The van der Waals surface area contributed by atoms with Gasteiger partial charge in [0.2, 0.25) is 0 Å². The van der Waals surface area contributed by atoms with E-state index in [1.807, 2.05) is 0 Å². The number of nitriles is 1. The number of halogens is 1. The van der Waals surface area contributed by atoms with Crippen LogP contribution in [0.2, 0.25) is 5.02 Å². The molecule has 0 aromatic heterocycles. The Balaban J connectivity index is 2.37. The lowest BCUT2D eigenvalue weighted by Gasteiger charge is -2.04. The zero-order chi connectivity index (χ0) is 15.3. The first-order valence-corrected chi connectivity index (χ1v) is 8.19. The third kappa shape index (κ3) is 3.94. The number of benzene rings is 2. The summed E-state index contributed by atoms with van der Waals surface area (Å²) in [7, 11) is -3.70. The van der Waals surface area contributed by atoms with Gasteiger partial charge in [-0.05, 0) is 23.3 Å². The molecule has 5 heteroatoms. The van der Waals surface area contributed by atoms with Gasteiger partial charge in [-0.3, -0.25) is 0 Å². The lowest BCUT2D eigenvalue weighted by Crippen LogP contribution is -2.06. The summed E-state index contributed by atoms with van der Waals surface area (Å²) in [6, 6.07) is 17.3. The van der Waals surface area contributed by atoms with Crippen LogP contribution in [0.5, 0.6) is 0 Å². The Bertz CT molecular complexity index is 806. The predicted molar refractivity (Wildman–Crippen MR) is 84.1 cm³/mol. The van der Waals surface area contributed by atoms with Gasteiger partial charge in [0.05, 0.1) is 5.75 Å². The van der Waals surface area contributed by atoms with Gasteiger partial charge in [0.25, 0.3) is 0 Å². The molecule has 0 amide bonds. The van der Waals surface area contributed by atoms with Crippen LogP contribution in [-0.2, 0) is 15.6 Å². The minimum atomic E-state index is -3.70. The van der Waals surface area contributed by atoms with Gasteiger partial charge in [0, 0.05) is 5.02 Å². The predicted octanol–water partition coefficient (Wildman–Crippen LogP) is 3.82. The summed E-state index contributed by atoms with van der Waals surface area (Å²) in [5, 5.41) is 9.55. The SMILES string of the molecule is N#C/C(=C\c1ccccc1Cl)S(=O)(=O)Cc1ccccc1. The van der Waals surface area contributed by atoms with Gasteiger partial charge in [-0.1, -0.05) is 60.1 Å². The maximum Gasteiger partial charge on any atom is 0.192 e. The number of rotatable bonds is 4. The molecule has 0 bridgehead atoms. The summed E-state index contributed by atoms with van der Waals surface area (Å²) in [5.74, 6) is -0.211. The van der Waals surface area contributed by atoms with Crippen molar-refractivity contribution in [1.82, 2.24) is 0 Å². The zero-order valence-corrected chi connectivity index (χ0v) is 12.6. The van der Waals surface area contributed by atoms with Gasteiger partial charge < -0.3 is 0 Å². The molecule has 3 nitrogen and oxygen atoms in total. The fourth-order valence-electron chi connectivity index (χ4n) is 1.80. The Kier molecular flexibility index (Phi) is 4.79. The fourth-order valence-corrected chi connectivity index (χ4v) is 3.22. The largest absolute Gasteiger partial charge is 0.223 e. The Morgan fingerprint density at radius 2 is 1.71 bits per heavy atom. The third-order valence-electron chi connectivity index (χ3n) is 2.84. The lowest BCUT2D eigenvalue weighted by molar-refractivity contribution is 0.602. The highest BCUT2D eigenvalue weighted by atomic mass is 35.5. The molecule has 0 saturated carbocycles. The van der Waals surface area contributed by atoms with Gasteiger partial charge in [0.15, 0.2) is 9.84 Å². The summed E-state index contributed by atoms with van der Waals surface area (Å²) in [6.07, 6.45) is 1.31. The van der Waals surface area contributed by atoms with E-state index in [4.69, 9.17) is 16.9 Å². The van der Waals surface area contributed by atoms with Crippen LogP contribution in [0.25, 0.3) is 6.08 Å². The van der Waals surface area contributed by atoms with Crippen molar-refractivity contribution in [3.05, 3.63) is 75.7 Å². The average molecular weight is 318 g/mol. The zero-order valence-electron chi connectivity index (χ0n) is 11.0. The minimum Gasteiger partial charge on any atom is -0.223 e. The average Bonchev–Trinajstić information content (AvgIpc) is 2.46. The first kappa shape index (κ1) is 15.3. The van der Waals surface area contributed by atoms with E-state index in [0.29, 0.717) is 16.1 Å². The van der Waals surface area contributed by atoms with Crippen molar-refractivity contribution in [3.8, 4) is 6.07 Å². The number of nitrogens with zero attached hydrogens (tertiary/aromatic N) is 1. The highest BCUT2D eigenvalue weighted by molar-refractivity contribution is 7.95. The van der Waals surface area contributed by atoms with E-state index in [9.17, 15) is 8.42 Å². The van der Waals surface area contributed by atoms with E-state index in [1.54, 1.807) is 60.7 Å². The van der Waals surface area contributed by atoms with Gasteiger partial charge >= 0.3 is 0 Å². The summed E-state index contributed by atoms with van der Waals surface area (Å²) in [6.45, 7) is 0. The van der Waals surface area contributed by atoms with Crippen molar-refractivity contribution in [2.75, 3.05) is 0 Å². The van der Waals surface area contributed by atoms with E-state index in [1.165, 1.54) is 6.08 Å². The van der Waals surface area contributed by atoms with Crippen LogP contribution in [0, 0.1) is 11.3 Å². The van der Waals surface area contributed by atoms with Crippen LogP contribution < -0.4 is 0 Å². The second-order valence-corrected chi connectivity index (χ2v) is 6.75. The fraction of sp³-hybridized carbons (Fsp3) is 0.0625. The van der Waals surface area contributed by atoms with Crippen molar-refractivity contribution in [2.45, 2.75) is 5.75 Å². The maximum absolute atomic E-state index is 12.3. The second kappa shape index (κ2) is 6.57. The highest BCUT2D eigenvalue weighted by Gasteiger charge is 2.18. The molecule has 0 spiro atoms. The van der Waals surface area contributed by atoms with E-state index in [0.717, 1.165) is 0 Å². The van der Waals surface area contributed by atoms with E-state index in [2.05, 4.69) is 0 Å². The molecular weight excluding hydrogens is 306 g/mol. The van der Waals surface area contributed by atoms with Crippen LogP contribution >= 0.6 is 11.6 Å². The van der Waals surface area contributed by atoms with Crippen molar-refractivity contribution < 1.29 is 8.42 Å². The Morgan fingerprint density at radius 3 is 2.33 bits per heavy atom. The number of allylic oxidation sites excluding steroid dienone is 1. The molecule has 0 aliphatic heterocycles. The topological polar surface area (TPSA) is 57.9 Å². The smallest absolute Gasteiger partial charge is 0.192 e. The van der Waals surface area contributed by atoms with Crippen molar-refractivity contribution in [1.29, 1.82) is 5.26 Å². The van der Waals surface area contributed by atoms with E-state index in [-0.39, 0.29) is 10.7 Å². The van der Waals surface area contributed by atoms with Crippen molar-refractivity contribution in [3.63, 3.8) is 0 Å². The lowest BCUT2D eigenvalue weighted by atomic mass is 10.2. The van der Waals surface area contributed by atoms with Crippen LogP contribution in [0.15, 0.2) is 59.5 Å². The Morgan fingerprint density at radius 1 is 1.10 bits per heavy atom. The molecule has 0 aliphatic rings. The summed E-state index contributed by atoms with van der Waals surface area (Å²) >= 11 is 5.99. The molecular formula is C16H12ClNO2S. The minimum absolute atomic E-state index is 0.211. The van der Waals surface area contributed by atoms with Crippen LogP contribution in [-0.4, -0.2) is 8.42 Å². The second-order valence-electron chi connectivity index (χ2n) is 4.39. The maximum atomic E-state index is 12.3. The molecule has 106 valence electrons. The molecule has 0 radical (unpaired) electrons. The van der Waals surface area contributed by atoms with Gasteiger partial charge in [-0.25, -0.2) is 8.42 Å². The molecule has 0 unspecified atom stereocenters. The molecule has 21 heavy (non-hydrogen) atoms. The molecule has 0 aliphatic carbocycles. The molecule has 0 atom stereocenters. The Labute approximate surface area is 129 Å². The van der Waals surface area contributed by atoms with E-state index >= 15 is 0 Å². The molecule has 0 fully saturated rings. The third-order valence-corrected chi connectivity index (χ3v) is 4.77.